The largest absolute Gasteiger partial charge is 0.342 e. The van der Waals surface area contributed by atoms with Crippen LogP contribution in [-0.2, 0) is 16.6 Å². The second kappa shape index (κ2) is 6.37. The molecule has 1 saturated heterocycles. The molecule has 1 aromatic rings. The number of rotatable bonds is 2. The van der Waals surface area contributed by atoms with Crippen molar-refractivity contribution in [1.82, 2.24) is 9.80 Å². The molecule has 0 aromatic heterocycles. The Bertz CT molecular complexity index is 507. The van der Waals surface area contributed by atoms with Crippen molar-refractivity contribution in [2.45, 2.75) is 31.1 Å². The third kappa shape index (κ3) is 3.09. The highest BCUT2D eigenvalue weighted by atomic mass is 35.5. The zero-order chi connectivity index (χ0) is 14.2. The van der Waals surface area contributed by atoms with E-state index in [0.717, 1.165) is 25.9 Å². The van der Waals surface area contributed by atoms with Gasteiger partial charge in [0, 0.05) is 13.1 Å². The summed E-state index contributed by atoms with van der Waals surface area (Å²) in [5, 5.41) is 0. The van der Waals surface area contributed by atoms with Crippen LogP contribution >= 0.6 is 12.4 Å². The van der Waals surface area contributed by atoms with Gasteiger partial charge in [-0.05, 0) is 56.3 Å². The first-order chi connectivity index (χ1) is 9.61. The summed E-state index contributed by atoms with van der Waals surface area (Å²) in [6, 6.07) is 8.89. The van der Waals surface area contributed by atoms with E-state index in [0.29, 0.717) is 12.0 Å². The molecule has 1 amide bonds. The standard InChI is InChI=1S/C17H24N2O.ClH/c1-18(2)13-16(20)19-11-9-17(10-12-19)8-7-14-5-3-4-6-15(14)17;/h3-6H,7-13H2,1-2H3;1H. The minimum atomic E-state index is 0. The second-order valence-electron chi connectivity index (χ2n) is 6.56. The number of benzene rings is 1. The normalized spacial score (nSPS) is 19.5. The quantitative estimate of drug-likeness (QED) is 0.838. The maximum absolute atomic E-state index is 12.1. The molecule has 2 aliphatic rings. The molecule has 1 heterocycles. The van der Waals surface area contributed by atoms with E-state index < -0.39 is 0 Å². The van der Waals surface area contributed by atoms with Crippen molar-refractivity contribution >= 4 is 18.3 Å². The maximum Gasteiger partial charge on any atom is 0.236 e. The fourth-order valence-corrected chi connectivity index (χ4v) is 3.84. The molecule has 0 N–H and O–H groups in total. The summed E-state index contributed by atoms with van der Waals surface area (Å²) >= 11 is 0. The number of amides is 1. The number of halogens is 1. The number of fused-ring (bicyclic) bond motifs is 2. The summed E-state index contributed by atoms with van der Waals surface area (Å²) in [7, 11) is 3.91. The van der Waals surface area contributed by atoms with Gasteiger partial charge in [-0.3, -0.25) is 4.79 Å². The van der Waals surface area contributed by atoms with E-state index in [1.165, 1.54) is 18.4 Å². The van der Waals surface area contributed by atoms with Gasteiger partial charge in [0.1, 0.15) is 0 Å². The van der Waals surface area contributed by atoms with Crippen molar-refractivity contribution in [3.8, 4) is 0 Å². The van der Waals surface area contributed by atoms with Crippen molar-refractivity contribution in [3.05, 3.63) is 35.4 Å². The highest BCUT2D eigenvalue weighted by molar-refractivity contribution is 5.85. The van der Waals surface area contributed by atoms with Crippen LogP contribution in [0.3, 0.4) is 0 Å². The van der Waals surface area contributed by atoms with E-state index in [4.69, 9.17) is 0 Å². The van der Waals surface area contributed by atoms with Crippen LogP contribution in [0.2, 0.25) is 0 Å². The molecule has 1 spiro atoms. The molecule has 0 saturated carbocycles. The highest BCUT2D eigenvalue weighted by Gasteiger charge is 2.41. The lowest BCUT2D eigenvalue weighted by Gasteiger charge is -2.40. The highest BCUT2D eigenvalue weighted by Crippen LogP contribution is 2.46. The predicted molar refractivity (Wildman–Crippen MR) is 88.1 cm³/mol. The van der Waals surface area contributed by atoms with Crippen LogP contribution in [0.1, 0.15) is 30.4 Å². The van der Waals surface area contributed by atoms with Crippen LogP contribution in [0.15, 0.2) is 24.3 Å². The molecule has 1 aliphatic heterocycles. The van der Waals surface area contributed by atoms with Gasteiger partial charge in [0.25, 0.3) is 0 Å². The van der Waals surface area contributed by atoms with Gasteiger partial charge < -0.3 is 9.80 Å². The Morgan fingerprint density at radius 2 is 1.86 bits per heavy atom. The van der Waals surface area contributed by atoms with Crippen LogP contribution in [0.5, 0.6) is 0 Å². The van der Waals surface area contributed by atoms with Gasteiger partial charge in [-0.2, -0.15) is 0 Å². The number of piperidine rings is 1. The lowest BCUT2D eigenvalue weighted by Crippen LogP contribution is -2.46. The molecule has 1 aromatic carbocycles. The minimum Gasteiger partial charge on any atom is -0.342 e. The number of likely N-dealkylation sites (N-methyl/N-ethyl adjacent to an activating group) is 1. The molecular weight excluding hydrogens is 284 g/mol. The van der Waals surface area contributed by atoms with Gasteiger partial charge in [-0.25, -0.2) is 0 Å². The van der Waals surface area contributed by atoms with Gasteiger partial charge in [-0.1, -0.05) is 24.3 Å². The zero-order valence-electron chi connectivity index (χ0n) is 13.0. The van der Waals surface area contributed by atoms with Gasteiger partial charge in [0.15, 0.2) is 0 Å². The number of hydrogen-bond donors (Lipinski definition) is 0. The Hall–Kier alpha value is -1.06. The van der Waals surface area contributed by atoms with Crippen molar-refractivity contribution in [2.75, 3.05) is 33.7 Å². The average Bonchev–Trinajstić information content (AvgIpc) is 2.78. The van der Waals surface area contributed by atoms with Crippen LogP contribution < -0.4 is 0 Å². The van der Waals surface area contributed by atoms with Gasteiger partial charge in [0.2, 0.25) is 5.91 Å². The average molecular weight is 309 g/mol. The number of hydrogen-bond acceptors (Lipinski definition) is 2. The molecule has 0 radical (unpaired) electrons. The molecule has 4 heteroatoms. The fraction of sp³-hybridized carbons (Fsp3) is 0.588. The third-order valence-corrected chi connectivity index (χ3v) is 4.99. The summed E-state index contributed by atoms with van der Waals surface area (Å²) in [5.41, 5.74) is 3.44. The van der Waals surface area contributed by atoms with Crippen LogP contribution in [0.4, 0.5) is 0 Å². The van der Waals surface area contributed by atoms with Crippen molar-refractivity contribution in [2.24, 2.45) is 0 Å². The van der Waals surface area contributed by atoms with E-state index in [-0.39, 0.29) is 18.3 Å². The van der Waals surface area contributed by atoms with Gasteiger partial charge in [-0.15, -0.1) is 12.4 Å². The first-order valence-electron chi connectivity index (χ1n) is 7.62. The third-order valence-electron chi connectivity index (χ3n) is 4.99. The number of carbonyl (C=O) groups is 1. The Morgan fingerprint density at radius 1 is 1.19 bits per heavy atom. The molecule has 21 heavy (non-hydrogen) atoms. The summed E-state index contributed by atoms with van der Waals surface area (Å²) in [6.45, 7) is 2.37. The molecule has 3 rings (SSSR count). The smallest absolute Gasteiger partial charge is 0.236 e. The van der Waals surface area contributed by atoms with Gasteiger partial charge in [0.05, 0.1) is 6.54 Å². The van der Waals surface area contributed by atoms with Crippen LogP contribution in [0.25, 0.3) is 0 Å². The van der Waals surface area contributed by atoms with E-state index in [2.05, 4.69) is 24.3 Å². The summed E-state index contributed by atoms with van der Waals surface area (Å²) in [4.78, 5) is 16.1. The Kier molecular flexibility index (Phi) is 4.95. The minimum absolute atomic E-state index is 0. The zero-order valence-corrected chi connectivity index (χ0v) is 13.8. The number of carbonyl (C=O) groups excluding carboxylic acids is 1. The topological polar surface area (TPSA) is 23.6 Å². The van der Waals surface area contributed by atoms with Crippen LogP contribution in [-0.4, -0.2) is 49.4 Å². The van der Waals surface area contributed by atoms with Crippen LogP contribution in [0, 0.1) is 0 Å². The van der Waals surface area contributed by atoms with Crippen molar-refractivity contribution in [1.29, 1.82) is 0 Å². The number of aryl methyl sites for hydroxylation is 1. The molecule has 3 nitrogen and oxygen atoms in total. The van der Waals surface area contributed by atoms with Crippen molar-refractivity contribution in [3.63, 3.8) is 0 Å². The number of likely N-dealkylation sites (tertiary alicyclic amines) is 1. The molecule has 0 bridgehead atoms. The molecule has 0 atom stereocenters. The molecule has 0 unspecified atom stereocenters. The molecule has 1 aliphatic carbocycles. The molecule has 116 valence electrons. The summed E-state index contributed by atoms with van der Waals surface area (Å²) < 4.78 is 0. The molecule has 1 fully saturated rings. The maximum atomic E-state index is 12.1. The molecular formula is C17H25ClN2O. The fourth-order valence-electron chi connectivity index (χ4n) is 3.84. The summed E-state index contributed by atoms with van der Waals surface area (Å²) in [6.07, 6.45) is 4.73. The van der Waals surface area contributed by atoms with E-state index >= 15 is 0 Å². The lowest BCUT2D eigenvalue weighted by molar-refractivity contribution is -0.133. The Balaban J connectivity index is 0.00000161. The first-order valence-corrected chi connectivity index (χ1v) is 7.62. The SMILES string of the molecule is CN(C)CC(=O)N1CCC2(CCc3ccccc32)CC1.Cl. The number of nitrogens with zero attached hydrogens (tertiary/aromatic N) is 2. The second-order valence-corrected chi connectivity index (χ2v) is 6.56. The van der Waals surface area contributed by atoms with Gasteiger partial charge >= 0.3 is 0 Å². The van der Waals surface area contributed by atoms with E-state index in [1.807, 2.05) is 23.9 Å². The Morgan fingerprint density at radius 3 is 2.52 bits per heavy atom. The predicted octanol–water partition coefficient (Wildman–Crippen LogP) is 2.48. The summed E-state index contributed by atoms with van der Waals surface area (Å²) in [5.74, 6) is 0.274. The van der Waals surface area contributed by atoms with E-state index in [9.17, 15) is 4.79 Å². The van der Waals surface area contributed by atoms with Crippen molar-refractivity contribution < 1.29 is 4.79 Å². The van der Waals surface area contributed by atoms with E-state index in [1.54, 1.807) is 5.56 Å². The monoisotopic (exact) mass is 308 g/mol. The lowest BCUT2D eigenvalue weighted by atomic mass is 9.74. The first kappa shape index (κ1) is 16.3. The Labute approximate surface area is 133 Å².